The van der Waals surface area contributed by atoms with Crippen molar-refractivity contribution in [2.24, 2.45) is 0 Å². The summed E-state index contributed by atoms with van der Waals surface area (Å²) in [5, 5.41) is 0. The second-order valence-electron chi connectivity index (χ2n) is 2.18. The molecule has 0 aliphatic rings. The molecule has 6 heteroatoms. The fraction of sp³-hybridized carbons (Fsp3) is 0.143. The van der Waals surface area contributed by atoms with Crippen molar-refractivity contribution in [3.05, 3.63) is 29.3 Å². The van der Waals surface area contributed by atoms with Gasteiger partial charge < -0.3 is 0 Å². The molecule has 0 fully saturated rings. The Morgan fingerprint density at radius 1 is 1.31 bits per heavy atom. The smallest absolute Gasteiger partial charge is 0.296 e. The van der Waals surface area contributed by atoms with Gasteiger partial charge in [0, 0.05) is 0 Å². The largest absolute Gasteiger partial charge is 0.433 e. The first-order chi connectivity index (χ1) is 5.95. The maximum atomic E-state index is 12.5. The summed E-state index contributed by atoms with van der Waals surface area (Å²) in [6.45, 7) is 0. The molecule has 13 heavy (non-hydrogen) atoms. The van der Waals surface area contributed by atoms with Crippen molar-refractivity contribution in [2.45, 2.75) is 6.18 Å². The van der Waals surface area contributed by atoms with Gasteiger partial charge in [0.25, 0.3) is 0 Å². The zero-order valence-electron chi connectivity index (χ0n) is 6.10. The molecule has 0 spiro atoms. The molecule has 1 heterocycles. The lowest BCUT2D eigenvalue weighted by Crippen LogP contribution is -2.10. The van der Waals surface area contributed by atoms with Gasteiger partial charge in [-0.3, -0.25) is 4.79 Å². The third-order valence-corrected chi connectivity index (χ3v) is 1.28. The standard InChI is InChI=1S/C7H3F4NO/c8-4-1-2-6(7(9,10)11)12-5(4)3-13/h1-3H. The molecule has 1 aromatic rings. The second-order valence-corrected chi connectivity index (χ2v) is 2.18. The first kappa shape index (κ1) is 9.63. The molecule has 0 aliphatic carbocycles. The maximum absolute atomic E-state index is 12.5. The highest BCUT2D eigenvalue weighted by Gasteiger charge is 2.32. The molecule has 0 saturated carbocycles. The molecule has 0 unspecified atom stereocenters. The number of pyridine rings is 1. The van der Waals surface area contributed by atoms with Gasteiger partial charge in [-0.25, -0.2) is 9.37 Å². The zero-order valence-corrected chi connectivity index (χ0v) is 6.10. The summed E-state index contributed by atoms with van der Waals surface area (Å²) in [7, 11) is 0. The van der Waals surface area contributed by atoms with Crippen LogP contribution < -0.4 is 0 Å². The molecule has 0 amide bonds. The van der Waals surface area contributed by atoms with E-state index in [9.17, 15) is 22.4 Å². The van der Waals surface area contributed by atoms with Crippen LogP contribution in [-0.2, 0) is 6.18 Å². The van der Waals surface area contributed by atoms with Crippen molar-refractivity contribution in [1.29, 1.82) is 0 Å². The van der Waals surface area contributed by atoms with Crippen molar-refractivity contribution in [3.8, 4) is 0 Å². The molecular formula is C7H3F4NO. The number of carbonyl (C=O) groups excluding carboxylic acids is 1. The van der Waals surface area contributed by atoms with Crippen molar-refractivity contribution in [1.82, 2.24) is 4.98 Å². The molecule has 0 radical (unpaired) electrons. The van der Waals surface area contributed by atoms with Crippen LogP contribution in [0.1, 0.15) is 16.2 Å². The Labute approximate surface area is 70.2 Å². The fourth-order valence-corrected chi connectivity index (χ4v) is 0.698. The Bertz CT molecular complexity index is 334. The van der Waals surface area contributed by atoms with Crippen molar-refractivity contribution in [2.75, 3.05) is 0 Å². The minimum absolute atomic E-state index is 0.0649. The molecule has 2 nitrogen and oxygen atoms in total. The first-order valence-electron chi connectivity index (χ1n) is 3.14. The molecule has 0 saturated heterocycles. The molecule has 0 bridgehead atoms. The van der Waals surface area contributed by atoms with Gasteiger partial charge >= 0.3 is 6.18 Å². The molecule has 0 N–H and O–H groups in total. The van der Waals surface area contributed by atoms with Gasteiger partial charge in [0.2, 0.25) is 0 Å². The Morgan fingerprint density at radius 3 is 2.38 bits per heavy atom. The van der Waals surface area contributed by atoms with E-state index < -0.39 is 23.4 Å². The van der Waals surface area contributed by atoms with E-state index in [1.807, 2.05) is 0 Å². The van der Waals surface area contributed by atoms with Crippen LogP contribution in [0.4, 0.5) is 17.6 Å². The van der Waals surface area contributed by atoms with Gasteiger partial charge in [-0.1, -0.05) is 0 Å². The lowest BCUT2D eigenvalue weighted by atomic mass is 10.3. The molecule has 0 aliphatic heterocycles. The fourth-order valence-electron chi connectivity index (χ4n) is 0.698. The van der Waals surface area contributed by atoms with E-state index in [2.05, 4.69) is 4.98 Å². The highest BCUT2D eigenvalue weighted by atomic mass is 19.4. The summed E-state index contributed by atoms with van der Waals surface area (Å²) in [4.78, 5) is 12.8. The molecular weight excluding hydrogens is 190 g/mol. The number of halogens is 4. The van der Waals surface area contributed by atoms with Crippen LogP contribution in [0.25, 0.3) is 0 Å². The van der Waals surface area contributed by atoms with E-state index in [0.717, 1.165) is 0 Å². The minimum Gasteiger partial charge on any atom is -0.296 e. The SMILES string of the molecule is O=Cc1nc(C(F)(F)F)ccc1F. The summed E-state index contributed by atoms with van der Waals surface area (Å²) < 4.78 is 48.3. The normalized spacial score (nSPS) is 11.4. The number of hydrogen-bond acceptors (Lipinski definition) is 2. The van der Waals surface area contributed by atoms with E-state index >= 15 is 0 Å². The average molecular weight is 193 g/mol. The summed E-state index contributed by atoms with van der Waals surface area (Å²) in [6, 6.07) is 1.03. The predicted molar refractivity (Wildman–Crippen MR) is 34.6 cm³/mol. The average Bonchev–Trinajstić information content (AvgIpc) is 2.03. The zero-order chi connectivity index (χ0) is 10.1. The highest BCUT2D eigenvalue weighted by molar-refractivity contribution is 5.72. The molecule has 70 valence electrons. The summed E-state index contributed by atoms with van der Waals surface area (Å²) in [6.07, 6.45) is -4.73. The Hall–Kier alpha value is -1.46. The Kier molecular flexibility index (Phi) is 2.31. The summed E-state index contributed by atoms with van der Waals surface area (Å²) in [5.74, 6) is -1.07. The van der Waals surface area contributed by atoms with Gasteiger partial charge in [0.15, 0.2) is 12.1 Å². The summed E-state index contributed by atoms with van der Waals surface area (Å²) >= 11 is 0. The maximum Gasteiger partial charge on any atom is 0.433 e. The third kappa shape index (κ3) is 2.01. The summed E-state index contributed by atoms with van der Waals surface area (Å²) in [5.41, 5.74) is -2.12. The quantitative estimate of drug-likeness (QED) is 0.504. The number of hydrogen-bond donors (Lipinski definition) is 0. The van der Waals surface area contributed by atoms with Gasteiger partial charge in [-0.15, -0.1) is 0 Å². The predicted octanol–water partition coefficient (Wildman–Crippen LogP) is 2.05. The second kappa shape index (κ2) is 3.12. The minimum atomic E-state index is -4.66. The van der Waals surface area contributed by atoms with Crippen LogP contribution in [-0.4, -0.2) is 11.3 Å². The van der Waals surface area contributed by atoms with E-state index in [0.29, 0.717) is 12.1 Å². The molecule has 0 aromatic carbocycles. The van der Waals surface area contributed by atoms with E-state index in [1.165, 1.54) is 0 Å². The first-order valence-corrected chi connectivity index (χ1v) is 3.14. The van der Waals surface area contributed by atoms with Crippen LogP contribution >= 0.6 is 0 Å². The Morgan fingerprint density at radius 2 is 1.92 bits per heavy atom. The van der Waals surface area contributed by atoms with E-state index in [1.54, 1.807) is 0 Å². The molecule has 0 atom stereocenters. The topological polar surface area (TPSA) is 30.0 Å². The van der Waals surface area contributed by atoms with Crippen LogP contribution in [0.2, 0.25) is 0 Å². The lowest BCUT2D eigenvalue weighted by molar-refractivity contribution is -0.141. The highest BCUT2D eigenvalue weighted by Crippen LogP contribution is 2.27. The Balaban J connectivity index is 3.21. The van der Waals surface area contributed by atoms with E-state index in [4.69, 9.17) is 0 Å². The van der Waals surface area contributed by atoms with Crippen LogP contribution in [0.15, 0.2) is 12.1 Å². The number of carbonyl (C=O) groups is 1. The van der Waals surface area contributed by atoms with Crippen molar-refractivity contribution >= 4 is 6.29 Å². The van der Waals surface area contributed by atoms with E-state index in [-0.39, 0.29) is 6.29 Å². The van der Waals surface area contributed by atoms with Gasteiger partial charge in [-0.05, 0) is 12.1 Å². The van der Waals surface area contributed by atoms with Crippen molar-refractivity contribution < 1.29 is 22.4 Å². The van der Waals surface area contributed by atoms with Gasteiger partial charge in [0.1, 0.15) is 11.4 Å². The van der Waals surface area contributed by atoms with Crippen LogP contribution in [0, 0.1) is 5.82 Å². The third-order valence-electron chi connectivity index (χ3n) is 1.28. The van der Waals surface area contributed by atoms with Crippen LogP contribution in [0.5, 0.6) is 0 Å². The molecule has 1 aromatic heterocycles. The number of nitrogens with zero attached hydrogens (tertiary/aromatic N) is 1. The molecule has 1 rings (SSSR count). The number of aldehydes is 1. The number of aromatic nitrogens is 1. The monoisotopic (exact) mass is 193 g/mol. The van der Waals surface area contributed by atoms with Gasteiger partial charge in [0.05, 0.1) is 0 Å². The number of rotatable bonds is 1. The lowest BCUT2D eigenvalue weighted by Gasteiger charge is -2.05. The number of alkyl halides is 3. The van der Waals surface area contributed by atoms with Crippen molar-refractivity contribution in [3.63, 3.8) is 0 Å². The van der Waals surface area contributed by atoms with Gasteiger partial charge in [-0.2, -0.15) is 13.2 Å². The van der Waals surface area contributed by atoms with Crippen LogP contribution in [0.3, 0.4) is 0 Å².